The van der Waals surface area contributed by atoms with Gasteiger partial charge in [0.15, 0.2) is 0 Å². The van der Waals surface area contributed by atoms with E-state index in [0.29, 0.717) is 13.0 Å². The molecule has 1 amide bonds. The van der Waals surface area contributed by atoms with Crippen LogP contribution in [0.1, 0.15) is 23.7 Å². The van der Waals surface area contributed by atoms with Crippen LogP contribution in [0.4, 0.5) is 4.39 Å². The van der Waals surface area contributed by atoms with Crippen molar-refractivity contribution < 1.29 is 17.6 Å². The molecule has 0 N–H and O–H groups in total. The van der Waals surface area contributed by atoms with Gasteiger partial charge in [0.1, 0.15) is 10.7 Å². The van der Waals surface area contributed by atoms with Crippen LogP contribution in [0.15, 0.2) is 11.0 Å². The third kappa shape index (κ3) is 3.55. The van der Waals surface area contributed by atoms with E-state index in [2.05, 4.69) is 0 Å². The molecule has 0 atom stereocenters. The van der Waals surface area contributed by atoms with Gasteiger partial charge in [0, 0.05) is 24.3 Å². The first kappa shape index (κ1) is 17.5. The van der Waals surface area contributed by atoms with Gasteiger partial charge >= 0.3 is 0 Å². The second kappa shape index (κ2) is 6.47. The maximum absolute atomic E-state index is 13.7. The molecule has 0 fully saturated rings. The maximum atomic E-state index is 13.7. The number of carbonyl (C=O) groups is 1. The van der Waals surface area contributed by atoms with Crippen molar-refractivity contribution in [3.63, 3.8) is 0 Å². The molecule has 1 rings (SSSR count). The molecule has 0 unspecified atom stereocenters. The Labute approximate surface area is 130 Å². The van der Waals surface area contributed by atoms with Crippen LogP contribution in [0.5, 0.6) is 0 Å². The molecule has 20 heavy (non-hydrogen) atoms. The molecule has 0 aromatic heterocycles. The summed E-state index contributed by atoms with van der Waals surface area (Å²) in [6.07, 6.45) is 0.677. The van der Waals surface area contributed by atoms with Crippen molar-refractivity contribution in [3.8, 4) is 0 Å². The zero-order valence-corrected chi connectivity index (χ0v) is 13.7. The zero-order valence-electron chi connectivity index (χ0n) is 10.6. The van der Waals surface area contributed by atoms with Crippen molar-refractivity contribution in [1.29, 1.82) is 0 Å². The summed E-state index contributed by atoms with van der Waals surface area (Å²) >= 11 is 11.4. The third-order valence-electron chi connectivity index (χ3n) is 2.50. The Morgan fingerprint density at radius 3 is 2.35 bits per heavy atom. The molecule has 0 spiro atoms. The van der Waals surface area contributed by atoms with Crippen LogP contribution in [0.3, 0.4) is 0 Å². The van der Waals surface area contributed by atoms with E-state index in [1.807, 2.05) is 6.92 Å². The minimum atomic E-state index is -4.38. The van der Waals surface area contributed by atoms with E-state index in [9.17, 15) is 17.6 Å². The molecule has 0 bridgehead atoms. The van der Waals surface area contributed by atoms with Gasteiger partial charge in [-0.25, -0.2) is 12.8 Å². The molecule has 9 heteroatoms. The molecule has 112 valence electrons. The summed E-state index contributed by atoms with van der Waals surface area (Å²) < 4.78 is 36.5. The molecule has 0 aliphatic heterocycles. The van der Waals surface area contributed by atoms with Gasteiger partial charge in [-0.2, -0.15) is 0 Å². The van der Waals surface area contributed by atoms with Gasteiger partial charge in [0.05, 0.1) is 15.6 Å². The second-order valence-corrected chi connectivity index (χ2v) is 7.29. The number of rotatable bonds is 4. The highest BCUT2D eigenvalue weighted by Crippen LogP contribution is 2.36. The smallest absolute Gasteiger partial charge is 0.264 e. The number of nitrogens with zero attached hydrogens (tertiary/aromatic N) is 1. The van der Waals surface area contributed by atoms with Crippen molar-refractivity contribution in [1.82, 2.24) is 4.90 Å². The fourth-order valence-corrected chi connectivity index (χ4v) is 3.96. The van der Waals surface area contributed by atoms with Gasteiger partial charge in [-0.05, 0) is 12.5 Å². The van der Waals surface area contributed by atoms with Gasteiger partial charge in [0.2, 0.25) is 0 Å². The van der Waals surface area contributed by atoms with Crippen molar-refractivity contribution >= 4 is 48.8 Å². The van der Waals surface area contributed by atoms with E-state index >= 15 is 0 Å². The molecule has 0 radical (unpaired) electrons. The molecular formula is C11H11Cl3FNO3S. The van der Waals surface area contributed by atoms with Crippen molar-refractivity contribution in [2.75, 3.05) is 13.6 Å². The molecule has 1 aromatic carbocycles. The summed E-state index contributed by atoms with van der Waals surface area (Å²) in [7, 11) is 2.28. The summed E-state index contributed by atoms with van der Waals surface area (Å²) in [6.45, 7) is 2.25. The average Bonchev–Trinajstić information content (AvgIpc) is 2.31. The van der Waals surface area contributed by atoms with Crippen LogP contribution in [-0.2, 0) is 9.05 Å². The van der Waals surface area contributed by atoms with Crippen molar-refractivity contribution in [3.05, 3.63) is 27.5 Å². The lowest BCUT2D eigenvalue weighted by Gasteiger charge is -2.18. The topological polar surface area (TPSA) is 54.5 Å². The standard InChI is InChI=1S/C11H11Cl3FNO3S/c1-3-4-16(2)11(17)6-5-7(15)9(13)10(8(6)12)20(14,18)19/h5H,3-4H2,1-2H3. The molecule has 4 nitrogen and oxygen atoms in total. The highest BCUT2D eigenvalue weighted by atomic mass is 35.7. The number of hydrogen-bond donors (Lipinski definition) is 0. The van der Waals surface area contributed by atoms with E-state index in [-0.39, 0.29) is 5.56 Å². The average molecular weight is 363 g/mol. The summed E-state index contributed by atoms with van der Waals surface area (Å²) in [6, 6.07) is 0.796. The van der Waals surface area contributed by atoms with Gasteiger partial charge in [-0.3, -0.25) is 4.79 Å². The first-order chi connectivity index (χ1) is 9.11. The number of hydrogen-bond acceptors (Lipinski definition) is 3. The van der Waals surface area contributed by atoms with Crippen molar-refractivity contribution in [2.24, 2.45) is 0 Å². The largest absolute Gasteiger partial charge is 0.342 e. The molecule has 0 saturated carbocycles. The van der Waals surface area contributed by atoms with Crippen LogP contribution in [0, 0.1) is 5.82 Å². The molecule has 0 saturated heterocycles. The van der Waals surface area contributed by atoms with Crippen LogP contribution >= 0.6 is 33.9 Å². The van der Waals surface area contributed by atoms with Crippen LogP contribution in [0.25, 0.3) is 0 Å². The van der Waals surface area contributed by atoms with Gasteiger partial charge in [-0.15, -0.1) is 0 Å². The highest BCUT2D eigenvalue weighted by molar-refractivity contribution is 8.14. The van der Waals surface area contributed by atoms with Crippen LogP contribution in [-0.4, -0.2) is 32.8 Å². The Morgan fingerprint density at radius 2 is 1.90 bits per heavy atom. The zero-order chi connectivity index (χ0) is 15.7. The minimum Gasteiger partial charge on any atom is -0.342 e. The van der Waals surface area contributed by atoms with E-state index in [1.54, 1.807) is 0 Å². The Hall–Kier alpha value is -0.560. The Morgan fingerprint density at radius 1 is 1.35 bits per heavy atom. The number of benzene rings is 1. The molecular weight excluding hydrogens is 352 g/mol. The first-order valence-electron chi connectivity index (χ1n) is 5.48. The van der Waals surface area contributed by atoms with Crippen LogP contribution < -0.4 is 0 Å². The summed E-state index contributed by atoms with van der Waals surface area (Å²) in [5.41, 5.74) is -0.302. The van der Waals surface area contributed by atoms with Gasteiger partial charge in [-0.1, -0.05) is 30.1 Å². The molecule has 0 aliphatic rings. The fraction of sp³-hybridized carbons (Fsp3) is 0.364. The lowest BCUT2D eigenvalue weighted by Crippen LogP contribution is -2.28. The second-order valence-electron chi connectivity index (χ2n) is 4.03. The monoisotopic (exact) mass is 361 g/mol. The number of amides is 1. The number of halogens is 4. The lowest BCUT2D eigenvalue weighted by molar-refractivity contribution is 0.0794. The molecule has 0 aliphatic carbocycles. The molecule has 1 aromatic rings. The molecule has 0 heterocycles. The maximum Gasteiger partial charge on any atom is 0.264 e. The first-order valence-corrected chi connectivity index (χ1v) is 8.55. The quantitative estimate of drug-likeness (QED) is 0.608. The van der Waals surface area contributed by atoms with E-state index in [4.69, 9.17) is 33.9 Å². The SMILES string of the molecule is CCCN(C)C(=O)c1cc(F)c(Cl)c(S(=O)(=O)Cl)c1Cl. The normalized spacial score (nSPS) is 11.5. The van der Waals surface area contributed by atoms with Crippen LogP contribution in [0.2, 0.25) is 10.0 Å². The summed E-state index contributed by atoms with van der Waals surface area (Å²) in [5, 5.41) is -1.22. The fourth-order valence-electron chi connectivity index (χ4n) is 1.59. The minimum absolute atomic E-state index is 0.302. The van der Waals surface area contributed by atoms with E-state index < -0.39 is 35.7 Å². The lowest BCUT2D eigenvalue weighted by atomic mass is 10.2. The van der Waals surface area contributed by atoms with Gasteiger partial charge < -0.3 is 4.90 Å². The highest BCUT2D eigenvalue weighted by Gasteiger charge is 2.28. The Bertz CT molecular complexity index is 649. The van der Waals surface area contributed by atoms with Crippen molar-refractivity contribution in [2.45, 2.75) is 18.2 Å². The summed E-state index contributed by atoms with van der Waals surface area (Å²) in [5.74, 6) is -1.70. The summed E-state index contributed by atoms with van der Waals surface area (Å²) in [4.78, 5) is 12.6. The predicted octanol–water partition coefficient (Wildman–Crippen LogP) is 3.54. The predicted molar refractivity (Wildman–Crippen MR) is 76.7 cm³/mol. The van der Waals surface area contributed by atoms with Gasteiger partial charge in [0.25, 0.3) is 15.0 Å². The third-order valence-corrected chi connectivity index (χ3v) is 4.84. The number of carbonyl (C=O) groups excluding carboxylic acids is 1. The Kier molecular flexibility index (Phi) is 5.66. The van der Waals surface area contributed by atoms with E-state index in [0.717, 1.165) is 6.07 Å². The Balaban J connectivity index is 3.52. The van der Waals surface area contributed by atoms with E-state index in [1.165, 1.54) is 11.9 Å².